The molecule has 6 nitrogen and oxygen atoms in total. The molecule has 3 rings (SSSR count). The summed E-state index contributed by atoms with van der Waals surface area (Å²) in [6.07, 6.45) is -5.14. The largest absolute Gasteiger partial charge is 0.465 e. The number of ether oxygens (including phenoxy) is 1. The fourth-order valence-corrected chi connectivity index (χ4v) is 3.20. The zero-order chi connectivity index (χ0) is 17.9. The first-order valence-corrected chi connectivity index (χ1v) is 7.01. The van der Waals surface area contributed by atoms with Gasteiger partial charge < -0.3 is 14.9 Å². The minimum Gasteiger partial charge on any atom is -0.465 e. The topological polar surface area (TPSA) is 96.2 Å². The number of hydrogen-bond donors (Lipinski definition) is 2. The molecule has 9 heteroatoms. The van der Waals surface area contributed by atoms with Gasteiger partial charge >= 0.3 is 12.1 Å². The lowest BCUT2D eigenvalue weighted by atomic mass is 9.79. The Bertz CT molecular complexity index is 775. The monoisotopic (exact) mass is 343 g/mol. The van der Waals surface area contributed by atoms with Crippen molar-refractivity contribution in [1.82, 2.24) is 0 Å². The van der Waals surface area contributed by atoms with Gasteiger partial charge in [-0.2, -0.15) is 13.2 Å². The van der Waals surface area contributed by atoms with Crippen molar-refractivity contribution >= 4 is 17.5 Å². The lowest BCUT2D eigenvalue weighted by Gasteiger charge is -2.31. The molecular formula is C15H12F3NO5. The molecule has 0 aromatic heterocycles. The average Bonchev–Trinajstić information content (AvgIpc) is 2.85. The van der Waals surface area contributed by atoms with E-state index in [9.17, 15) is 33.0 Å². The third kappa shape index (κ3) is 1.82. The Hall–Kier alpha value is -2.26. The summed E-state index contributed by atoms with van der Waals surface area (Å²) in [6, 6.07) is 5.20. The average molecular weight is 343 g/mol. The van der Waals surface area contributed by atoms with Crippen LogP contribution in [-0.2, 0) is 15.3 Å². The third-order valence-corrected chi connectivity index (χ3v) is 4.21. The first-order valence-electron chi connectivity index (χ1n) is 7.01. The molecule has 1 aromatic carbocycles. The van der Waals surface area contributed by atoms with Gasteiger partial charge in [0.05, 0.1) is 6.61 Å². The number of aliphatic imine (C=N–C) groups is 1. The van der Waals surface area contributed by atoms with Crippen molar-refractivity contribution < 1.29 is 37.7 Å². The summed E-state index contributed by atoms with van der Waals surface area (Å²) in [6.45, 7) is 1.09. The van der Waals surface area contributed by atoms with Gasteiger partial charge in [0, 0.05) is 11.1 Å². The molecule has 0 unspecified atom stereocenters. The Morgan fingerprint density at radius 1 is 1.33 bits per heavy atom. The molecule has 0 radical (unpaired) electrons. The smallest absolute Gasteiger partial charge is 0.430 e. The van der Waals surface area contributed by atoms with E-state index in [0.29, 0.717) is 0 Å². The number of ketones is 1. The Labute approximate surface area is 133 Å². The van der Waals surface area contributed by atoms with Gasteiger partial charge in [0.1, 0.15) is 11.6 Å². The van der Waals surface area contributed by atoms with E-state index in [2.05, 4.69) is 9.73 Å². The molecule has 0 saturated carbocycles. The Morgan fingerprint density at radius 2 is 1.96 bits per heavy atom. The van der Waals surface area contributed by atoms with Gasteiger partial charge in [-0.3, -0.25) is 9.59 Å². The highest BCUT2D eigenvalue weighted by Gasteiger charge is 2.76. The highest BCUT2D eigenvalue weighted by atomic mass is 19.4. The molecule has 2 N–H and O–H groups in total. The molecule has 0 spiro atoms. The number of carbonyl (C=O) groups is 2. The van der Waals surface area contributed by atoms with Gasteiger partial charge in [0.25, 0.3) is 0 Å². The molecule has 1 aromatic rings. The molecule has 0 saturated heterocycles. The number of benzene rings is 1. The predicted octanol–water partition coefficient (Wildman–Crippen LogP) is 0.955. The van der Waals surface area contributed by atoms with Crippen LogP contribution in [0.4, 0.5) is 13.2 Å². The molecule has 128 valence electrons. The summed E-state index contributed by atoms with van der Waals surface area (Å²) in [4.78, 5) is 27.8. The highest BCUT2D eigenvalue weighted by molar-refractivity contribution is 6.20. The molecule has 3 atom stereocenters. The SMILES string of the molecule is CCOC(=O)[C@@H]1C(C(F)(F)F)=N[C@@]2(O)c3ccccc3C(=O)[C@]12O. The van der Waals surface area contributed by atoms with Gasteiger partial charge in [-0.05, 0) is 6.92 Å². The second kappa shape index (κ2) is 4.87. The number of esters is 1. The number of hydrogen-bond acceptors (Lipinski definition) is 6. The predicted molar refractivity (Wildman–Crippen MR) is 73.2 cm³/mol. The van der Waals surface area contributed by atoms with E-state index in [1.165, 1.54) is 31.2 Å². The van der Waals surface area contributed by atoms with Crippen LogP contribution in [0.3, 0.4) is 0 Å². The van der Waals surface area contributed by atoms with Crippen LogP contribution < -0.4 is 0 Å². The first kappa shape index (κ1) is 16.6. The van der Waals surface area contributed by atoms with Crippen molar-refractivity contribution in [2.24, 2.45) is 10.9 Å². The van der Waals surface area contributed by atoms with E-state index < -0.39 is 40.9 Å². The van der Waals surface area contributed by atoms with Gasteiger partial charge in [-0.1, -0.05) is 24.3 Å². The van der Waals surface area contributed by atoms with E-state index in [0.717, 1.165) is 0 Å². The van der Waals surface area contributed by atoms with Crippen molar-refractivity contribution in [2.45, 2.75) is 24.4 Å². The minimum absolute atomic E-state index is 0.193. The molecular weight excluding hydrogens is 331 g/mol. The molecule has 0 bridgehead atoms. The number of alkyl halides is 3. The molecule has 1 aliphatic carbocycles. The van der Waals surface area contributed by atoms with Crippen LogP contribution in [0.2, 0.25) is 0 Å². The van der Waals surface area contributed by atoms with Crippen molar-refractivity contribution in [3.8, 4) is 0 Å². The summed E-state index contributed by atoms with van der Waals surface area (Å²) in [7, 11) is 0. The van der Waals surface area contributed by atoms with E-state index in [1.54, 1.807) is 0 Å². The highest BCUT2D eigenvalue weighted by Crippen LogP contribution is 2.55. The van der Waals surface area contributed by atoms with Gasteiger partial charge in [0.2, 0.25) is 17.1 Å². The first-order chi connectivity index (χ1) is 11.1. The fraction of sp³-hybridized carbons (Fsp3) is 0.400. The summed E-state index contributed by atoms with van der Waals surface area (Å²) in [5.74, 6) is -5.16. The number of aliphatic hydroxyl groups is 2. The van der Waals surface area contributed by atoms with E-state index in [-0.39, 0.29) is 17.7 Å². The quantitative estimate of drug-likeness (QED) is 0.780. The third-order valence-electron chi connectivity index (χ3n) is 4.21. The second-order valence-corrected chi connectivity index (χ2v) is 5.49. The Kier molecular flexibility index (Phi) is 3.37. The van der Waals surface area contributed by atoms with Crippen LogP contribution >= 0.6 is 0 Å². The maximum atomic E-state index is 13.3. The summed E-state index contributed by atoms with van der Waals surface area (Å²) in [5.41, 5.74) is -8.22. The standard InChI is InChI=1S/C15H12F3NO5/c1-2-24-12(21)9-10(15(16,17)18)19-14(23)8-6-4-3-5-7(8)11(20)13(9,14)22/h3-6,9,22-23H,2H2,1H3/t9-,13+,14+/m0/s1. The maximum Gasteiger partial charge on any atom is 0.430 e. The normalized spacial score (nSPS) is 31.5. The lowest BCUT2D eigenvalue weighted by molar-refractivity contribution is -0.166. The van der Waals surface area contributed by atoms with Crippen LogP contribution in [-0.4, -0.2) is 46.1 Å². The molecule has 24 heavy (non-hydrogen) atoms. The van der Waals surface area contributed by atoms with Crippen molar-refractivity contribution in [2.75, 3.05) is 6.61 Å². The Morgan fingerprint density at radius 3 is 2.54 bits per heavy atom. The van der Waals surface area contributed by atoms with E-state index in [1.807, 2.05) is 0 Å². The minimum atomic E-state index is -5.14. The number of Topliss-reactive ketones (excluding diaryl/α,β-unsaturated/α-hetero) is 1. The molecule has 0 fully saturated rings. The fourth-order valence-electron chi connectivity index (χ4n) is 3.20. The van der Waals surface area contributed by atoms with Crippen molar-refractivity contribution in [3.05, 3.63) is 35.4 Å². The van der Waals surface area contributed by atoms with Crippen LogP contribution in [0.25, 0.3) is 0 Å². The number of fused-ring (bicyclic) bond motifs is 3. The second-order valence-electron chi connectivity index (χ2n) is 5.49. The van der Waals surface area contributed by atoms with Crippen molar-refractivity contribution in [3.63, 3.8) is 0 Å². The van der Waals surface area contributed by atoms with Crippen LogP contribution in [0.15, 0.2) is 29.3 Å². The van der Waals surface area contributed by atoms with E-state index >= 15 is 0 Å². The number of halogens is 3. The number of nitrogens with zero attached hydrogens (tertiary/aromatic N) is 1. The van der Waals surface area contributed by atoms with Gasteiger partial charge in [-0.25, -0.2) is 4.99 Å². The van der Waals surface area contributed by atoms with Gasteiger partial charge in [-0.15, -0.1) is 0 Å². The van der Waals surface area contributed by atoms with Crippen LogP contribution in [0.5, 0.6) is 0 Å². The molecule has 0 amide bonds. The van der Waals surface area contributed by atoms with Crippen LogP contribution in [0.1, 0.15) is 22.8 Å². The van der Waals surface area contributed by atoms with Crippen LogP contribution in [0, 0.1) is 5.92 Å². The Balaban J connectivity index is 2.28. The zero-order valence-electron chi connectivity index (χ0n) is 12.3. The zero-order valence-corrected chi connectivity index (χ0v) is 12.3. The number of carbonyl (C=O) groups excluding carboxylic acids is 2. The lowest BCUT2D eigenvalue weighted by Crippen LogP contribution is -2.57. The molecule has 2 aliphatic rings. The molecule has 1 aliphatic heterocycles. The van der Waals surface area contributed by atoms with E-state index in [4.69, 9.17) is 0 Å². The molecule has 1 heterocycles. The summed E-state index contributed by atoms with van der Waals surface area (Å²) >= 11 is 0. The summed E-state index contributed by atoms with van der Waals surface area (Å²) in [5, 5.41) is 21.4. The maximum absolute atomic E-state index is 13.3. The van der Waals surface area contributed by atoms with Crippen molar-refractivity contribution in [1.29, 1.82) is 0 Å². The summed E-state index contributed by atoms with van der Waals surface area (Å²) < 4.78 is 44.4. The number of rotatable bonds is 2. The van der Waals surface area contributed by atoms with Gasteiger partial charge in [0.15, 0.2) is 0 Å².